The van der Waals surface area contributed by atoms with Crippen LogP contribution in [0.1, 0.15) is 24.5 Å². The number of nitrogens with zero attached hydrogens (tertiary/aromatic N) is 1. The van der Waals surface area contributed by atoms with Crippen molar-refractivity contribution in [2.24, 2.45) is 10.7 Å². The van der Waals surface area contributed by atoms with Gasteiger partial charge in [0.1, 0.15) is 6.61 Å². The minimum atomic E-state index is 0.0549. The lowest BCUT2D eigenvalue weighted by Gasteiger charge is -2.16. The Kier molecular flexibility index (Phi) is 4.44. The predicted molar refractivity (Wildman–Crippen MR) is 71.8 cm³/mol. The molecule has 0 aliphatic carbocycles. The molecule has 2 N–H and O–H groups in total. The summed E-state index contributed by atoms with van der Waals surface area (Å²) in [4.78, 5) is 4.20. The van der Waals surface area contributed by atoms with Crippen LogP contribution in [0.25, 0.3) is 0 Å². The molecule has 1 heterocycles. The molecule has 0 fully saturated rings. The first-order valence-corrected chi connectivity index (χ1v) is 6.31. The molecule has 2 rings (SSSR count). The van der Waals surface area contributed by atoms with Crippen LogP contribution in [0.2, 0.25) is 5.02 Å². The number of halogens is 1. The lowest BCUT2D eigenvalue weighted by atomic mass is 10.0. The summed E-state index contributed by atoms with van der Waals surface area (Å²) >= 11 is 5.87. The summed E-state index contributed by atoms with van der Waals surface area (Å²) in [7, 11) is 1.71. The van der Waals surface area contributed by atoms with Gasteiger partial charge in [0.2, 0.25) is 0 Å². The van der Waals surface area contributed by atoms with Gasteiger partial charge in [-0.2, -0.15) is 0 Å². The zero-order valence-electron chi connectivity index (χ0n) is 10.3. The molecule has 1 unspecified atom stereocenters. The fourth-order valence-corrected chi connectivity index (χ4v) is 2.15. The lowest BCUT2D eigenvalue weighted by molar-refractivity contribution is 0.0911. The van der Waals surface area contributed by atoms with Gasteiger partial charge in [0.15, 0.2) is 0 Å². The number of methoxy groups -OCH3 is 1. The maximum absolute atomic E-state index is 5.87. The third-order valence-electron chi connectivity index (χ3n) is 3.02. The van der Waals surface area contributed by atoms with Crippen LogP contribution in [0.5, 0.6) is 0 Å². The van der Waals surface area contributed by atoms with E-state index in [1.165, 1.54) is 0 Å². The number of hydrogen-bond donors (Lipinski definition) is 1. The summed E-state index contributed by atoms with van der Waals surface area (Å²) in [6.45, 7) is 0.572. The molecule has 5 heteroatoms. The number of hydrogen-bond acceptors (Lipinski definition) is 4. The van der Waals surface area contributed by atoms with E-state index in [9.17, 15) is 0 Å². The predicted octanol–water partition coefficient (Wildman–Crippen LogP) is 2.52. The highest BCUT2D eigenvalue weighted by atomic mass is 35.5. The number of benzene rings is 1. The normalized spacial score (nSPS) is 20.3. The summed E-state index contributed by atoms with van der Waals surface area (Å²) in [6, 6.07) is 8.16. The van der Waals surface area contributed by atoms with Gasteiger partial charge in [0, 0.05) is 12.1 Å². The van der Waals surface area contributed by atoms with Crippen molar-refractivity contribution in [2.75, 3.05) is 13.7 Å². The van der Waals surface area contributed by atoms with Crippen molar-refractivity contribution >= 4 is 17.6 Å². The number of amidine groups is 1. The van der Waals surface area contributed by atoms with E-state index >= 15 is 0 Å². The molecule has 1 aliphatic heterocycles. The van der Waals surface area contributed by atoms with Crippen LogP contribution < -0.4 is 5.73 Å². The smallest absolute Gasteiger partial charge is 0.282 e. The monoisotopic (exact) mass is 268 g/mol. The fourth-order valence-electron chi connectivity index (χ4n) is 2.03. The highest BCUT2D eigenvalue weighted by Gasteiger charge is 2.19. The van der Waals surface area contributed by atoms with Crippen LogP contribution in [0.3, 0.4) is 0 Å². The molecular weight excluding hydrogens is 252 g/mol. The van der Waals surface area contributed by atoms with Gasteiger partial charge in [-0.05, 0) is 30.5 Å². The van der Waals surface area contributed by atoms with Crippen LogP contribution in [0.4, 0.5) is 0 Å². The molecule has 1 aromatic rings. The Morgan fingerprint density at radius 1 is 1.50 bits per heavy atom. The maximum atomic E-state index is 5.87. The Morgan fingerprint density at radius 2 is 2.22 bits per heavy atom. The van der Waals surface area contributed by atoms with Gasteiger partial charge in [-0.3, -0.25) is 0 Å². The highest BCUT2D eigenvalue weighted by Crippen LogP contribution is 2.25. The minimum Gasteiger partial charge on any atom is -0.463 e. The second-order valence-electron chi connectivity index (χ2n) is 4.29. The van der Waals surface area contributed by atoms with Crippen LogP contribution in [0.15, 0.2) is 29.3 Å². The molecule has 1 aliphatic rings. The Morgan fingerprint density at radius 3 is 2.78 bits per heavy atom. The van der Waals surface area contributed by atoms with E-state index < -0.39 is 0 Å². The van der Waals surface area contributed by atoms with Crippen molar-refractivity contribution < 1.29 is 9.47 Å². The van der Waals surface area contributed by atoms with Crippen molar-refractivity contribution in [3.05, 3.63) is 34.9 Å². The highest BCUT2D eigenvalue weighted by molar-refractivity contribution is 6.30. The van der Waals surface area contributed by atoms with Gasteiger partial charge in [-0.25, -0.2) is 4.99 Å². The summed E-state index contributed by atoms with van der Waals surface area (Å²) in [5.74, 6) is 0. The molecule has 0 aromatic heterocycles. The molecule has 0 bridgehead atoms. The quantitative estimate of drug-likeness (QED) is 0.893. The zero-order valence-corrected chi connectivity index (χ0v) is 11.1. The lowest BCUT2D eigenvalue weighted by Crippen LogP contribution is -2.11. The van der Waals surface area contributed by atoms with Gasteiger partial charge >= 0.3 is 0 Å². The molecule has 1 aromatic carbocycles. The summed E-state index contributed by atoms with van der Waals surface area (Å²) in [5.41, 5.74) is 6.60. The molecule has 18 heavy (non-hydrogen) atoms. The zero-order chi connectivity index (χ0) is 13.0. The Hall–Kier alpha value is -1.26. The maximum Gasteiger partial charge on any atom is 0.282 e. The molecule has 2 atom stereocenters. The van der Waals surface area contributed by atoms with E-state index in [4.69, 9.17) is 26.8 Å². The van der Waals surface area contributed by atoms with Crippen molar-refractivity contribution in [1.82, 2.24) is 0 Å². The van der Waals surface area contributed by atoms with E-state index in [0.717, 1.165) is 23.4 Å². The third-order valence-corrected chi connectivity index (χ3v) is 3.27. The number of nitrogens with two attached hydrogens (primary N) is 1. The average Bonchev–Trinajstić information content (AvgIpc) is 2.78. The van der Waals surface area contributed by atoms with Crippen LogP contribution in [-0.2, 0) is 9.47 Å². The standard InChI is InChI=1S/C13H17ClN2O2/c1-17-12(9-2-4-10(14)5-3-9)7-6-11-8-18-13(15)16-11/h2-5,11-12H,6-8H2,1H3,(H2,15,16)/t11-,12?/m0/s1. The van der Waals surface area contributed by atoms with E-state index in [-0.39, 0.29) is 12.1 Å². The average molecular weight is 269 g/mol. The van der Waals surface area contributed by atoms with Gasteiger partial charge in [-0.1, -0.05) is 23.7 Å². The summed E-state index contributed by atoms with van der Waals surface area (Å²) in [5, 5.41) is 0.732. The van der Waals surface area contributed by atoms with Crippen molar-refractivity contribution in [3.63, 3.8) is 0 Å². The summed E-state index contributed by atoms with van der Waals surface area (Å²) < 4.78 is 10.6. The molecule has 0 amide bonds. The second kappa shape index (κ2) is 6.07. The van der Waals surface area contributed by atoms with Crippen molar-refractivity contribution in [1.29, 1.82) is 0 Å². The van der Waals surface area contributed by atoms with Gasteiger partial charge in [0.25, 0.3) is 6.02 Å². The van der Waals surface area contributed by atoms with Crippen molar-refractivity contribution in [2.45, 2.75) is 25.0 Å². The van der Waals surface area contributed by atoms with E-state index in [1.807, 2.05) is 24.3 Å². The van der Waals surface area contributed by atoms with E-state index in [0.29, 0.717) is 12.6 Å². The topological polar surface area (TPSA) is 56.8 Å². The van der Waals surface area contributed by atoms with Crippen LogP contribution >= 0.6 is 11.6 Å². The summed E-state index contributed by atoms with van der Waals surface area (Å²) in [6.07, 6.45) is 1.82. The Bertz CT molecular complexity index is 420. The third kappa shape index (κ3) is 3.37. The largest absolute Gasteiger partial charge is 0.463 e. The first-order chi connectivity index (χ1) is 8.69. The fraction of sp³-hybridized carbons (Fsp3) is 0.462. The first kappa shape index (κ1) is 13.2. The molecule has 0 saturated carbocycles. The minimum absolute atomic E-state index is 0.0549. The SMILES string of the molecule is COC(CC[C@H]1COC(N)=N1)c1ccc(Cl)cc1. The molecule has 4 nitrogen and oxygen atoms in total. The number of rotatable bonds is 5. The van der Waals surface area contributed by atoms with Gasteiger partial charge in [0.05, 0.1) is 12.1 Å². The molecular formula is C13H17ClN2O2. The van der Waals surface area contributed by atoms with E-state index in [2.05, 4.69) is 4.99 Å². The van der Waals surface area contributed by atoms with Gasteiger partial charge in [-0.15, -0.1) is 0 Å². The van der Waals surface area contributed by atoms with Gasteiger partial charge < -0.3 is 15.2 Å². The second-order valence-corrected chi connectivity index (χ2v) is 4.72. The molecule has 0 saturated heterocycles. The first-order valence-electron chi connectivity index (χ1n) is 5.93. The van der Waals surface area contributed by atoms with E-state index in [1.54, 1.807) is 7.11 Å². The van der Waals surface area contributed by atoms with Crippen LogP contribution in [-0.4, -0.2) is 25.8 Å². The van der Waals surface area contributed by atoms with Crippen molar-refractivity contribution in [3.8, 4) is 0 Å². The number of ether oxygens (including phenoxy) is 2. The Labute approximate surface area is 112 Å². The molecule has 0 radical (unpaired) electrons. The molecule has 0 spiro atoms. The Balaban J connectivity index is 1.91. The van der Waals surface area contributed by atoms with Crippen LogP contribution in [0, 0.1) is 0 Å². The molecule has 98 valence electrons. The number of aliphatic imine (C=N–C) groups is 1.